The average Bonchev–Trinajstić information content (AvgIpc) is 2.83. The molecule has 0 saturated carbocycles. The number of nitrogens with zero attached hydrogens (tertiary/aromatic N) is 1. The summed E-state index contributed by atoms with van der Waals surface area (Å²) in [6.07, 6.45) is 1.68. The molecule has 0 N–H and O–H groups in total. The highest BCUT2D eigenvalue weighted by Gasteiger charge is 2.32. The van der Waals surface area contributed by atoms with Gasteiger partial charge in [-0.25, -0.2) is 13.2 Å². The number of benzene rings is 3. The van der Waals surface area contributed by atoms with Gasteiger partial charge in [-0.15, -0.1) is 0 Å². The molecule has 1 radical (unpaired) electrons. The molecule has 3 aromatic rings. The van der Waals surface area contributed by atoms with Crippen LogP contribution < -0.4 is 0 Å². The zero-order valence-corrected chi connectivity index (χ0v) is 21.5. The minimum Gasteiger partial charge on any atom is -0.312 e. The zero-order chi connectivity index (χ0) is 25.6. The first-order chi connectivity index (χ1) is 16.5. The van der Waals surface area contributed by atoms with Gasteiger partial charge in [0.25, 0.3) is 0 Å². The van der Waals surface area contributed by atoms with Crippen molar-refractivity contribution in [1.29, 1.82) is 0 Å². The molecule has 3 rings (SSSR count). The van der Waals surface area contributed by atoms with Crippen LogP contribution in [0.4, 0.5) is 0 Å². The lowest BCUT2D eigenvalue weighted by Gasteiger charge is -2.25. The molecule has 0 aliphatic carbocycles. The van der Waals surface area contributed by atoms with Crippen LogP contribution in [0.15, 0.2) is 106 Å². The third-order valence-electron chi connectivity index (χ3n) is 5.49. The number of rotatable bonds is 8. The molecule has 0 unspecified atom stereocenters. The van der Waals surface area contributed by atoms with Gasteiger partial charge < -0.3 is 4.84 Å². The number of hydrogen-bond acceptors (Lipinski definition) is 5. The van der Waals surface area contributed by atoms with Crippen LogP contribution in [0.3, 0.4) is 0 Å². The van der Waals surface area contributed by atoms with E-state index in [1.807, 2.05) is 57.2 Å². The molecule has 181 valence electrons. The summed E-state index contributed by atoms with van der Waals surface area (Å²) < 4.78 is 27.1. The fraction of sp³-hybridized carbons (Fsp3) is 0.207. The SMILES string of the molecule is C[C](C)/C(=C\C(C)(C)/C(=N/OC(=O)c1ccccc1)c1ccccc1)S(=O)(=O)c1ccc(C)cc1. The summed E-state index contributed by atoms with van der Waals surface area (Å²) in [5.74, 6) is 0.0527. The third kappa shape index (κ3) is 6.34. The van der Waals surface area contributed by atoms with Gasteiger partial charge in [0.05, 0.1) is 21.1 Å². The summed E-state index contributed by atoms with van der Waals surface area (Å²) in [5, 5.41) is 4.24. The second-order valence-electron chi connectivity index (χ2n) is 9.10. The van der Waals surface area contributed by atoms with E-state index in [1.54, 1.807) is 68.5 Å². The quantitative estimate of drug-likeness (QED) is 0.205. The molecule has 0 amide bonds. The number of oxime groups is 1. The zero-order valence-electron chi connectivity index (χ0n) is 20.6. The van der Waals surface area contributed by atoms with Crippen molar-refractivity contribution in [2.75, 3.05) is 0 Å². The fourth-order valence-corrected chi connectivity index (χ4v) is 5.32. The van der Waals surface area contributed by atoms with E-state index in [9.17, 15) is 13.2 Å². The predicted octanol–water partition coefficient (Wildman–Crippen LogP) is 6.55. The molecular formula is C29H30NO4S. The Hall–Kier alpha value is -3.51. The summed E-state index contributed by atoms with van der Waals surface area (Å²) in [5.41, 5.74) is 1.60. The molecule has 6 heteroatoms. The number of aryl methyl sites for hydroxylation is 1. The van der Waals surface area contributed by atoms with Crippen LogP contribution in [0.25, 0.3) is 0 Å². The number of sulfone groups is 1. The summed E-state index contributed by atoms with van der Waals surface area (Å²) in [7, 11) is -3.78. The topological polar surface area (TPSA) is 72.8 Å². The molecule has 0 heterocycles. The van der Waals surface area contributed by atoms with Gasteiger partial charge in [-0.1, -0.05) is 105 Å². The summed E-state index contributed by atoms with van der Waals surface area (Å²) >= 11 is 0. The molecule has 0 aliphatic heterocycles. The van der Waals surface area contributed by atoms with E-state index in [2.05, 4.69) is 5.16 Å². The first kappa shape index (κ1) is 26.1. The molecule has 0 bridgehead atoms. The number of carbonyl (C=O) groups is 1. The maximum atomic E-state index is 13.6. The van der Waals surface area contributed by atoms with Crippen molar-refractivity contribution in [2.45, 2.75) is 39.5 Å². The van der Waals surface area contributed by atoms with Crippen molar-refractivity contribution in [3.63, 3.8) is 0 Å². The molecule has 35 heavy (non-hydrogen) atoms. The van der Waals surface area contributed by atoms with Gasteiger partial charge in [0.1, 0.15) is 0 Å². The van der Waals surface area contributed by atoms with E-state index < -0.39 is 21.2 Å². The van der Waals surface area contributed by atoms with Gasteiger partial charge in [0.2, 0.25) is 9.84 Å². The van der Waals surface area contributed by atoms with E-state index >= 15 is 0 Å². The standard InChI is InChI=1S/C29H30NO4S/c1-21(2)26(35(32,33)25-18-16-22(3)17-19-25)20-29(4,5)27(23-12-8-6-9-13-23)30-34-28(31)24-14-10-7-11-15-24/h6-20H,1-5H3/b26-20+,30-27+. The number of allylic oxidation sites excluding steroid dienone is 2. The Morgan fingerprint density at radius 1 is 0.829 bits per heavy atom. The lowest BCUT2D eigenvalue weighted by atomic mass is 9.82. The molecular weight excluding hydrogens is 458 g/mol. The van der Waals surface area contributed by atoms with Crippen LogP contribution in [0, 0.1) is 18.3 Å². The van der Waals surface area contributed by atoms with E-state index in [1.165, 1.54) is 0 Å². The summed E-state index contributed by atoms with van der Waals surface area (Å²) in [6, 6.07) is 24.6. The minimum absolute atomic E-state index is 0.198. The van der Waals surface area contributed by atoms with Crippen LogP contribution in [0.1, 0.15) is 49.2 Å². The van der Waals surface area contributed by atoms with E-state index in [0.29, 0.717) is 17.2 Å². The van der Waals surface area contributed by atoms with Crippen molar-refractivity contribution in [1.82, 2.24) is 0 Å². The summed E-state index contributed by atoms with van der Waals surface area (Å²) in [6.45, 7) is 9.14. The van der Waals surface area contributed by atoms with Crippen molar-refractivity contribution in [3.05, 3.63) is 119 Å². The van der Waals surface area contributed by atoms with Crippen LogP contribution in [0.5, 0.6) is 0 Å². The van der Waals surface area contributed by atoms with E-state index in [4.69, 9.17) is 4.84 Å². The highest BCUT2D eigenvalue weighted by atomic mass is 32.2. The van der Waals surface area contributed by atoms with E-state index in [-0.39, 0.29) is 9.80 Å². The number of hydrogen-bond donors (Lipinski definition) is 0. The first-order valence-electron chi connectivity index (χ1n) is 11.3. The Kier molecular flexibility index (Phi) is 8.07. The third-order valence-corrected chi connectivity index (χ3v) is 7.49. The highest BCUT2D eigenvalue weighted by molar-refractivity contribution is 7.95. The molecule has 5 nitrogen and oxygen atoms in total. The Balaban J connectivity index is 2.08. The Morgan fingerprint density at radius 2 is 1.34 bits per heavy atom. The van der Waals surface area contributed by atoms with Gasteiger partial charge in [-0.05, 0) is 31.2 Å². The summed E-state index contributed by atoms with van der Waals surface area (Å²) in [4.78, 5) is 18.3. The molecule has 0 aliphatic rings. The smallest absolute Gasteiger partial charge is 0.312 e. The van der Waals surface area contributed by atoms with Crippen LogP contribution >= 0.6 is 0 Å². The average molecular weight is 489 g/mol. The fourth-order valence-electron chi connectivity index (χ4n) is 3.58. The predicted molar refractivity (Wildman–Crippen MR) is 140 cm³/mol. The molecule has 0 aromatic heterocycles. The molecule has 0 spiro atoms. The largest absolute Gasteiger partial charge is 0.365 e. The Bertz CT molecular complexity index is 1320. The maximum Gasteiger partial charge on any atom is 0.365 e. The second kappa shape index (κ2) is 10.8. The molecule has 0 saturated heterocycles. The van der Waals surface area contributed by atoms with Crippen LogP contribution in [-0.4, -0.2) is 20.1 Å². The lowest BCUT2D eigenvalue weighted by Crippen LogP contribution is -2.26. The second-order valence-corrected chi connectivity index (χ2v) is 11.0. The normalized spacial score (nSPS) is 13.1. The van der Waals surface area contributed by atoms with Gasteiger partial charge in [0.15, 0.2) is 0 Å². The minimum atomic E-state index is -3.78. The highest BCUT2D eigenvalue weighted by Crippen LogP contribution is 2.34. The van der Waals surface area contributed by atoms with Gasteiger partial charge in [0, 0.05) is 16.9 Å². The van der Waals surface area contributed by atoms with Gasteiger partial charge in [-0.3, -0.25) is 0 Å². The van der Waals surface area contributed by atoms with Crippen LogP contribution in [-0.2, 0) is 14.7 Å². The molecule has 0 fully saturated rings. The Morgan fingerprint density at radius 3 is 1.86 bits per heavy atom. The van der Waals surface area contributed by atoms with E-state index in [0.717, 1.165) is 11.1 Å². The Labute approximate surface area is 208 Å². The van der Waals surface area contributed by atoms with Gasteiger partial charge >= 0.3 is 5.97 Å². The first-order valence-corrected chi connectivity index (χ1v) is 12.8. The van der Waals surface area contributed by atoms with Crippen molar-refractivity contribution < 1.29 is 18.0 Å². The van der Waals surface area contributed by atoms with Crippen LogP contribution in [0.2, 0.25) is 0 Å². The van der Waals surface area contributed by atoms with Gasteiger partial charge in [-0.2, -0.15) is 0 Å². The molecule has 3 aromatic carbocycles. The number of carbonyl (C=O) groups excluding carboxylic acids is 1. The van der Waals surface area contributed by atoms with Crippen molar-refractivity contribution >= 4 is 21.5 Å². The lowest BCUT2D eigenvalue weighted by molar-refractivity contribution is 0.0513. The maximum absolute atomic E-state index is 13.6. The van der Waals surface area contributed by atoms with Crippen molar-refractivity contribution in [3.8, 4) is 0 Å². The monoisotopic (exact) mass is 488 g/mol. The van der Waals surface area contributed by atoms with Crippen molar-refractivity contribution in [2.24, 2.45) is 10.6 Å². The molecule has 0 atom stereocenters.